The van der Waals surface area contributed by atoms with E-state index in [0.29, 0.717) is 19.7 Å². The number of nitrogens with zero attached hydrogens (tertiary/aromatic N) is 2. The van der Waals surface area contributed by atoms with Gasteiger partial charge in [-0.05, 0) is 41.6 Å². The van der Waals surface area contributed by atoms with E-state index in [9.17, 15) is 4.79 Å². The van der Waals surface area contributed by atoms with E-state index in [0.717, 1.165) is 32.5 Å². The first-order valence-electron chi connectivity index (χ1n) is 13.5. The number of ether oxygens (including phenoxy) is 1. The quantitative estimate of drug-likeness (QED) is 0.132. The first kappa shape index (κ1) is 27.3. The molecule has 0 aliphatic rings. The molecule has 0 spiro atoms. The van der Waals surface area contributed by atoms with Crippen LogP contribution in [0.1, 0.15) is 35.1 Å². The van der Waals surface area contributed by atoms with Crippen molar-refractivity contribution in [3.8, 4) is 0 Å². The number of esters is 1. The van der Waals surface area contributed by atoms with Crippen LogP contribution >= 0.6 is 0 Å². The molecule has 0 aliphatic heterocycles. The molecule has 0 saturated heterocycles. The summed E-state index contributed by atoms with van der Waals surface area (Å²) in [7, 11) is 0. The maximum absolute atomic E-state index is 12.7. The van der Waals surface area contributed by atoms with Crippen molar-refractivity contribution in [2.75, 3.05) is 19.7 Å². The zero-order valence-electron chi connectivity index (χ0n) is 22.1. The Morgan fingerprint density at radius 2 is 0.868 bits per heavy atom. The lowest BCUT2D eigenvalue weighted by Gasteiger charge is -2.23. The Morgan fingerprint density at radius 3 is 1.26 bits per heavy atom. The highest BCUT2D eigenvalue weighted by Crippen LogP contribution is 2.13. The maximum Gasteiger partial charge on any atom is 0.320 e. The van der Waals surface area contributed by atoms with Gasteiger partial charge in [0, 0.05) is 26.2 Å². The zero-order chi connectivity index (χ0) is 26.3. The first-order valence-corrected chi connectivity index (χ1v) is 13.5. The van der Waals surface area contributed by atoms with Gasteiger partial charge in [0.1, 0.15) is 0 Å². The third-order valence-corrected chi connectivity index (χ3v) is 6.48. The minimum atomic E-state index is -0.165. The molecule has 0 heterocycles. The normalized spacial score (nSPS) is 11.1. The number of hydrogen-bond donors (Lipinski definition) is 0. The highest BCUT2D eigenvalue weighted by atomic mass is 16.5. The molecule has 0 bridgehead atoms. The number of hydrogen-bond acceptors (Lipinski definition) is 4. The van der Waals surface area contributed by atoms with Crippen LogP contribution in [0.15, 0.2) is 121 Å². The predicted octanol–water partition coefficient (Wildman–Crippen LogP) is 6.71. The lowest BCUT2D eigenvalue weighted by molar-refractivity contribution is -0.145. The lowest BCUT2D eigenvalue weighted by Crippen LogP contribution is -2.30. The topological polar surface area (TPSA) is 32.8 Å². The van der Waals surface area contributed by atoms with Crippen LogP contribution in [0.25, 0.3) is 0 Å². The van der Waals surface area contributed by atoms with Gasteiger partial charge >= 0.3 is 5.97 Å². The molecule has 0 aromatic heterocycles. The van der Waals surface area contributed by atoms with E-state index < -0.39 is 0 Å². The van der Waals surface area contributed by atoms with Crippen molar-refractivity contribution in [3.05, 3.63) is 144 Å². The lowest BCUT2D eigenvalue weighted by atomic mass is 10.1. The molecule has 4 nitrogen and oxygen atoms in total. The molecule has 4 aromatic carbocycles. The Hall–Kier alpha value is -3.73. The van der Waals surface area contributed by atoms with Gasteiger partial charge in [-0.3, -0.25) is 14.6 Å². The molecule has 0 unspecified atom stereocenters. The highest BCUT2D eigenvalue weighted by Gasteiger charge is 2.14. The summed E-state index contributed by atoms with van der Waals surface area (Å²) in [5, 5.41) is 0. The molecule has 0 fully saturated rings. The van der Waals surface area contributed by atoms with Gasteiger partial charge < -0.3 is 4.74 Å². The van der Waals surface area contributed by atoms with Crippen molar-refractivity contribution in [1.29, 1.82) is 0 Å². The van der Waals surface area contributed by atoms with E-state index in [-0.39, 0.29) is 12.5 Å². The third-order valence-electron chi connectivity index (χ3n) is 6.48. The van der Waals surface area contributed by atoms with Crippen molar-refractivity contribution < 1.29 is 9.53 Å². The second kappa shape index (κ2) is 15.5. The van der Waals surface area contributed by atoms with E-state index in [2.05, 4.69) is 94.7 Å². The highest BCUT2D eigenvalue weighted by molar-refractivity contribution is 5.71. The molecule has 38 heavy (non-hydrogen) atoms. The van der Waals surface area contributed by atoms with Crippen molar-refractivity contribution in [1.82, 2.24) is 9.80 Å². The average Bonchev–Trinajstić information content (AvgIpc) is 2.95. The zero-order valence-corrected chi connectivity index (χ0v) is 22.1. The summed E-state index contributed by atoms with van der Waals surface area (Å²) in [6, 6.07) is 41.7. The van der Waals surface area contributed by atoms with E-state index in [1.54, 1.807) is 0 Å². The Balaban J connectivity index is 1.24. The Kier molecular flexibility index (Phi) is 11.1. The molecule has 0 atom stereocenters. The second-order valence-electron chi connectivity index (χ2n) is 9.73. The Labute approximate surface area is 227 Å². The number of carbonyl (C=O) groups is 1. The van der Waals surface area contributed by atoms with Crippen LogP contribution in [0.5, 0.6) is 0 Å². The fraction of sp³-hybridized carbons (Fsp3) is 0.265. The maximum atomic E-state index is 12.7. The second-order valence-corrected chi connectivity index (χ2v) is 9.73. The molecule has 4 rings (SSSR count). The van der Waals surface area contributed by atoms with Crippen LogP contribution in [0, 0.1) is 0 Å². The Bertz CT molecular complexity index is 1100. The first-order chi connectivity index (χ1) is 18.7. The van der Waals surface area contributed by atoms with Gasteiger partial charge in [0.25, 0.3) is 0 Å². The summed E-state index contributed by atoms with van der Waals surface area (Å²) < 4.78 is 5.67. The summed E-state index contributed by atoms with van der Waals surface area (Å²) in [4.78, 5) is 17.4. The fourth-order valence-electron chi connectivity index (χ4n) is 4.60. The van der Waals surface area contributed by atoms with Crippen molar-refractivity contribution >= 4 is 5.97 Å². The standard InChI is InChI=1S/C34H38N2O2/c37-34(29-36(27-32-19-9-3-10-20-32)28-33-21-11-4-12-22-33)38-24-14-13-23-35(25-30-15-5-1-6-16-30)26-31-17-7-2-8-18-31/h1-12,15-22H,13-14,23-29H2. The third kappa shape index (κ3) is 9.97. The van der Waals surface area contributed by atoms with Crippen molar-refractivity contribution in [3.63, 3.8) is 0 Å². The summed E-state index contributed by atoms with van der Waals surface area (Å²) in [6.45, 7) is 4.91. The molecule has 0 radical (unpaired) electrons. The van der Waals surface area contributed by atoms with Crippen LogP contribution in [0.3, 0.4) is 0 Å². The largest absolute Gasteiger partial charge is 0.465 e. The minimum absolute atomic E-state index is 0.165. The van der Waals surface area contributed by atoms with Gasteiger partial charge in [-0.2, -0.15) is 0 Å². The van der Waals surface area contributed by atoms with E-state index in [1.165, 1.54) is 22.3 Å². The van der Waals surface area contributed by atoms with Crippen LogP contribution in [-0.2, 0) is 35.7 Å². The SMILES string of the molecule is O=C(CN(Cc1ccccc1)Cc1ccccc1)OCCCCN(Cc1ccccc1)Cc1ccccc1. The van der Waals surface area contributed by atoms with Gasteiger partial charge in [0.15, 0.2) is 0 Å². The summed E-state index contributed by atoms with van der Waals surface area (Å²) in [6.07, 6.45) is 1.83. The van der Waals surface area contributed by atoms with Gasteiger partial charge in [-0.15, -0.1) is 0 Å². The molecule has 0 N–H and O–H groups in total. The Morgan fingerprint density at radius 1 is 0.500 bits per heavy atom. The van der Waals surface area contributed by atoms with Crippen molar-refractivity contribution in [2.24, 2.45) is 0 Å². The monoisotopic (exact) mass is 506 g/mol. The number of unbranched alkanes of at least 4 members (excludes halogenated alkanes) is 1. The molecular formula is C34H38N2O2. The van der Waals surface area contributed by atoms with Gasteiger partial charge in [0.05, 0.1) is 13.2 Å². The van der Waals surface area contributed by atoms with Crippen LogP contribution < -0.4 is 0 Å². The summed E-state index contributed by atoms with van der Waals surface area (Å²) in [5.41, 5.74) is 5.00. The fourth-order valence-corrected chi connectivity index (χ4v) is 4.60. The van der Waals surface area contributed by atoms with E-state index >= 15 is 0 Å². The average molecular weight is 507 g/mol. The smallest absolute Gasteiger partial charge is 0.320 e. The minimum Gasteiger partial charge on any atom is -0.465 e. The van der Waals surface area contributed by atoms with Crippen LogP contribution in [0.2, 0.25) is 0 Å². The molecular weight excluding hydrogens is 468 g/mol. The van der Waals surface area contributed by atoms with E-state index in [1.807, 2.05) is 36.4 Å². The number of carbonyl (C=O) groups excluding carboxylic acids is 1. The predicted molar refractivity (Wildman–Crippen MR) is 154 cm³/mol. The molecule has 196 valence electrons. The number of rotatable bonds is 15. The molecule has 4 heteroatoms. The van der Waals surface area contributed by atoms with E-state index in [4.69, 9.17) is 4.74 Å². The molecule has 0 saturated carbocycles. The molecule has 0 amide bonds. The molecule has 0 aliphatic carbocycles. The van der Waals surface area contributed by atoms with Gasteiger partial charge in [-0.1, -0.05) is 121 Å². The summed E-state index contributed by atoms with van der Waals surface area (Å²) >= 11 is 0. The summed E-state index contributed by atoms with van der Waals surface area (Å²) in [5.74, 6) is -0.165. The van der Waals surface area contributed by atoms with Crippen LogP contribution in [-0.4, -0.2) is 35.5 Å². The van der Waals surface area contributed by atoms with Crippen LogP contribution in [0.4, 0.5) is 0 Å². The van der Waals surface area contributed by atoms with Gasteiger partial charge in [-0.25, -0.2) is 0 Å². The van der Waals surface area contributed by atoms with Crippen molar-refractivity contribution in [2.45, 2.75) is 39.0 Å². The number of benzene rings is 4. The molecule has 4 aromatic rings. The van der Waals surface area contributed by atoms with Gasteiger partial charge in [0.2, 0.25) is 0 Å².